The molecule has 0 aliphatic heterocycles. The number of hydrogen-bond acceptors (Lipinski definition) is 5. The van der Waals surface area contributed by atoms with Gasteiger partial charge in [-0.2, -0.15) is 5.10 Å². The van der Waals surface area contributed by atoms with Gasteiger partial charge < -0.3 is 10.5 Å². The van der Waals surface area contributed by atoms with Gasteiger partial charge in [0.25, 0.3) is 5.91 Å². The van der Waals surface area contributed by atoms with Gasteiger partial charge in [0.1, 0.15) is 10.6 Å². The summed E-state index contributed by atoms with van der Waals surface area (Å²) in [5, 5.41) is 4.45. The van der Waals surface area contributed by atoms with Crippen molar-refractivity contribution >= 4 is 28.6 Å². The molecule has 5 nitrogen and oxygen atoms in total. The molecule has 0 saturated heterocycles. The highest BCUT2D eigenvalue weighted by molar-refractivity contribution is 7.18. The number of nitrogen functional groups attached to an aromatic ring is 1. The van der Waals surface area contributed by atoms with Crippen LogP contribution in [0.1, 0.15) is 54.6 Å². The summed E-state index contributed by atoms with van der Waals surface area (Å²) in [6.07, 6.45) is 8.62. The zero-order chi connectivity index (χ0) is 19.5. The van der Waals surface area contributed by atoms with Crippen LogP contribution in [-0.2, 0) is 0 Å². The van der Waals surface area contributed by atoms with Gasteiger partial charge in [0.2, 0.25) is 0 Å². The predicted octanol–water partition coefficient (Wildman–Crippen LogP) is 5.08. The van der Waals surface area contributed by atoms with Crippen molar-refractivity contribution in [3.8, 4) is 16.2 Å². The van der Waals surface area contributed by atoms with Crippen LogP contribution in [0.2, 0.25) is 0 Å². The lowest BCUT2D eigenvalue weighted by atomic mass is 9.70. The van der Waals surface area contributed by atoms with Crippen LogP contribution in [0.25, 0.3) is 10.4 Å². The van der Waals surface area contributed by atoms with E-state index in [0.29, 0.717) is 10.6 Å². The molecule has 28 heavy (non-hydrogen) atoms. The first-order chi connectivity index (χ1) is 13.6. The maximum absolute atomic E-state index is 12.6. The number of rotatable bonds is 4. The second kappa shape index (κ2) is 8.35. The van der Waals surface area contributed by atoms with Crippen LogP contribution in [0.5, 0.6) is 5.75 Å². The summed E-state index contributed by atoms with van der Waals surface area (Å²) in [7, 11) is 1.64. The van der Waals surface area contributed by atoms with Gasteiger partial charge >= 0.3 is 0 Å². The molecule has 0 radical (unpaired) electrons. The summed E-state index contributed by atoms with van der Waals surface area (Å²) < 4.78 is 5.19. The highest BCUT2D eigenvalue weighted by Crippen LogP contribution is 2.39. The number of ether oxygens (including phenoxy) is 1. The van der Waals surface area contributed by atoms with Crippen molar-refractivity contribution in [2.75, 3.05) is 12.8 Å². The van der Waals surface area contributed by atoms with E-state index in [4.69, 9.17) is 10.5 Å². The number of amides is 1. The van der Waals surface area contributed by atoms with Crippen LogP contribution < -0.4 is 15.9 Å². The van der Waals surface area contributed by atoms with Crippen molar-refractivity contribution < 1.29 is 9.53 Å². The van der Waals surface area contributed by atoms with Crippen LogP contribution in [0.3, 0.4) is 0 Å². The molecule has 2 aromatic rings. The Morgan fingerprint density at radius 2 is 1.93 bits per heavy atom. The minimum atomic E-state index is -0.222. The Bertz CT molecular complexity index is 872. The number of thiophene rings is 1. The molecule has 2 atom stereocenters. The average molecular weight is 398 g/mol. The summed E-state index contributed by atoms with van der Waals surface area (Å²) in [6.45, 7) is 0. The lowest BCUT2D eigenvalue weighted by molar-refractivity contribution is 0.0959. The molecular formula is C22H27N3O2S. The third-order valence-electron chi connectivity index (χ3n) is 6.03. The number of carbonyl (C=O) groups excluding carboxylic acids is 1. The molecule has 2 aliphatic carbocycles. The predicted molar refractivity (Wildman–Crippen MR) is 115 cm³/mol. The van der Waals surface area contributed by atoms with E-state index in [9.17, 15) is 4.79 Å². The number of benzene rings is 1. The number of hydrogen-bond donors (Lipinski definition) is 2. The number of carbonyl (C=O) groups is 1. The van der Waals surface area contributed by atoms with E-state index in [1.54, 1.807) is 7.11 Å². The number of nitrogens with two attached hydrogens (primary N) is 1. The van der Waals surface area contributed by atoms with Crippen molar-refractivity contribution in [1.29, 1.82) is 0 Å². The van der Waals surface area contributed by atoms with E-state index in [-0.39, 0.29) is 5.91 Å². The van der Waals surface area contributed by atoms with E-state index < -0.39 is 0 Å². The maximum Gasteiger partial charge on any atom is 0.283 e. The summed E-state index contributed by atoms with van der Waals surface area (Å²) in [6, 6.07) is 9.59. The van der Waals surface area contributed by atoms with Gasteiger partial charge in [0.05, 0.1) is 12.8 Å². The molecule has 0 bridgehead atoms. The van der Waals surface area contributed by atoms with Crippen molar-refractivity contribution in [2.24, 2.45) is 16.9 Å². The Labute approximate surface area is 170 Å². The molecule has 3 N–H and O–H groups in total. The van der Waals surface area contributed by atoms with Crippen LogP contribution in [0.4, 0.5) is 5.69 Å². The molecule has 4 rings (SSSR count). The number of anilines is 1. The van der Waals surface area contributed by atoms with Gasteiger partial charge in [-0.3, -0.25) is 4.79 Å². The Kier molecular flexibility index (Phi) is 5.67. The first-order valence-corrected chi connectivity index (χ1v) is 10.8. The third-order valence-corrected chi connectivity index (χ3v) is 7.22. The van der Waals surface area contributed by atoms with Crippen LogP contribution >= 0.6 is 11.3 Å². The summed E-state index contributed by atoms with van der Waals surface area (Å²) in [5.41, 5.74) is 11.5. The molecule has 148 valence electrons. The largest absolute Gasteiger partial charge is 0.497 e. The molecule has 0 unspecified atom stereocenters. The van der Waals surface area contributed by atoms with Crippen LogP contribution in [0.15, 0.2) is 35.4 Å². The highest BCUT2D eigenvalue weighted by atomic mass is 32.1. The molecule has 1 heterocycles. The molecule has 2 fully saturated rings. The lowest BCUT2D eigenvalue weighted by Gasteiger charge is -2.35. The Balaban J connectivity index is 1.42. The fourth-order valence-electron chi connectivity index (χ4n) is 4.45. The normalized spacial score (nSPS) is 23.2. The SMILES string of the molecule is COc1ccc(-c2cc(N)c(C(=O)N/N=C3/CC[C@H]4CCCC[C@H]4C3)s2)cc1. The van der Waals surface area contributed by atoms with Gasteiger partial charge in [-0.15, -0.1) is 11.3 Å². The molecule has 2 saturated carbocycles. The molecule has 0 spiro atoms. The molecule has 6 heteroatoms. The minimum Gasteiger partial charge on any atom is -0.497 e. The van der Waals surface area contributed by atoms with Gasteiger partial charge in [-0.25, -0.2) is 5.43 Å². The molecular weight excluding hydrogens is 370 g/mol. The van der Waals surface area contributed by atoms with Gasteiger partial charge in [-0.1, -0.05) is 19.3 Å². The van der Waals surface area contributed by atoms with Crippen molar-refractivity contribution in [1.82, 2.24) is 5.43 Å². The fraction of sp³-hybridized carbons (Fsp3) is 0.455. The smallest absolute Gasteiger partial charge is 0.283 e. The Morgan fingerprint density at radius 1 is 1.18 bits per heavy atom. The first-order valence-electron chi connectivity index (χ1n) is 10.0. The number of methoxy groups -OCH3 is 1. The van der Waals surface area contributed by atoms with E-state index in [0.717, 1.165) is 46.6 Å². The van der Waals surface area contributed by atoms with Crippen LogP contribution in [-0.4, -0.2) is 18.7 Å². The number of hydrazone groups is 1. The zero-order valence-electron chi connectivity index (χ0n) is 16.2. The summed E-state index contributed by atoms with van der Waals surface area (Å²) >= 11 is 1.39. The zero-order valence-corrected chi connectivity index (χ0v) is 17.1. The summed E-state index contributed by atoms with van der Waals surface area (Å²) in [5.74, 6) is 2.20. The summed E-state index contributed by atoms with van der Waals surface area (Å²) in [4.78, 5) is 14.1. The number of fused-ring (bicyclic) bond motifs is 1. The average Bonchev–Trinajstić information content (AvgIpc) is 3.13. The van der Waals surface area contributed by atoms with Crippen molar-refractivity contribution in [3.05, 3.63) is 35.2 Å². The third kappa shape index (κ3) is 4.07. The van der Waals surface area contributed by atoms with Crippen LogP contribution in [0, 0.1) is 11.8 Å². The fourth-order valence-corrected chi connectivity index (χ4v) is 5.43. The highest BCUT2D eigenvalue weighted by Gasteiger charge is 2.30. The second-order valence-electron chi connectivity index (χ2n) is 7.79. The Morgan fingerprint density at radius 3 is 2.68 bits per heavy atom. The van der Waals surface area contributed by atoms with Gasteiger partial charge in [0.15, 0.2) is 0 Å². The van der Waals surface area contributed by atoms with E-state index >= 15 is 0 Å². The standard InChI is InChI=1S/C22H27N3O2S/c1-27-18-10-7-15(8-11-18)20-13-19(23)21(28-20)22(26)25-24-17-9-6-14-4-2-3-5-16(14)12-17/h7-8,10-11,13-14,16H,2-6,9,12,23H2,1H3,(H,25,26)/b24-17-/t14-,16+/m1/s1. The molecule has 2 aliphatic rings. The minimum absolute atomic E-state index is 0.222. The molecule has 1 aromatic carbocycles. The second-order valence-corrected chi connectivity index (χ2v) is 8.84. The molecule has 1 aromatic heterocycles. The first kappa shape index (κ1) is 19.0. The van der Waals surface area contributed by atoms with Gasteiger partial charge in [-0.05, 0) is 73.4 Å². The Hall–Kier alpha value is -2.34. The number of nitrogens with zero attached hydrogens (tertiary/aromatic N) is 1. The maximum atomic E-state index is 12.6. The van der Waals surface area contributed by atoms with Gasteiger partial charge in [0, 0.05) is 10.6 Å². The van der Waals surface area contributed by atoms with E-state index in [1.807, 2.05) is 30.3 Å². The van der Waals surface area contributed by atoms with E-state index in [2.05, 4.69) is 10.5 Å². The van der Waals surface area contributed by atoms with E-state index in [1.165, 1.54) is 43.4 Å². The monoisotopic (exact) mass is 397 g/mol. The molecule has 1 amide bonds. The lowest BCUT2D eigenvalue weighted by Crippen LogP contribution is -2.29. The number of nitrogens with one attached hydrogen (secondary N) is 1. The van der Waals surface area contributed by atoms with Crippen molar-refractivity contribution in [2.45, 2.75) is 44.9 Å². The topological polar surface area (TPSA) is 76.7 Å². The van der Waals surface area contributed by atoms with Crippen molar-refractivity contribution in [3.63, 3.8) is 0 Å². The quantitative estimate of drug-likeness (QED) is 0.706.